The van der Waals surface area contributed by atoms with Crippen molar-refractivity contribution in [3.63, 3.8) is 0 Å². The molecule has 2 unspecified atom stereocenters. The Morgan fingerprint density at radius 2 is 1.97 bits per heavy atom. The average molecular weight is 605 g/mol. The summed E-state index contributed by atoms with van der Waals surface area (Å²) in [5.74, 6) is -1.60. The van der Waals surface area contributed by atoms with E-state index in [1.165, 1.54) is 37.8 Å². The molecule has 0 saturated carbocycles. The molecule has 39 heavy (non-hydrogen) atoms. The number of likely N-dealkylation sites (N-methyl/N-ethyl adjacent to an activating group) is 1. The number of rotatable bonds is 13. The lowest BCUT2D eigenvalue weighted by molar-refractivity contribution is -0.152. The first-order chi connectivity index (χ1) is 18.2. The number of ether oxygens (including phenoxy) is 2. The van der Waals surface area contributed by atoms with E-state index in [2.05, 4.69) is 25.7 Å². The number of amides is 3. The molecule has 3 heterocycles. The highest BCUT2D eigenvalue weighted by molar-refractivity contribution is 8.00. The fraction of sp³-hybridized carbons (Fsp3) is 0.565. The fourth-order valence-corrected chi connectivity index (χ4v) is 6.00. The highest BCUT2D eigenvalue weighted by atomic mass is 35.5. The average Bonchev–Trinajstić information content (AvgIpc) is 3.35. The van der Waals surface area contributed by atoms with Gasteiger partial charge in [-0.1, -0.05) is 19.0 Å². The topological polar surface area (TPSA) is 152 Å². The van der Waals surface area contributed by atoms with Gasteiger partial charge in [-0.05, 0) is 18.7 Å². The van der Waals surface area contributed by atoms with E-state index in [-0.39, 0.29) is 53.8 Å². The van der Waals surface area contributed by atoms with Crippen LogP contribution in [0.1, 0.15) is 26.5 Å². The maximum atomic E-state index is 13.2. The number of fused-ring (bicyclic) bond motifs is 1. The highest BCUT2D eigenvalue weighted by Crippen LogP contribution is 2.40. The third kappa shape index (κ3) is 7.69. The molecule has 216 valence electrons. The van der Waals surface area contributed by atoms with Gasteiger partial charge in [0.1, 0.15) is 36.5 Å². The molecule has 2 atom stereocenters. The Morgan fingerprint density at radius 3 is 2.59 bits per heavy atom. The minimum atomic E-state index is -0.898. The number of hydrogen-bond donors (Lipinski definition) is 2. The van der Waals surface area contributed by atoms with E-state index in [0.717, 1.165) is 24.4 Å². The summed E-state index contributed by atoms with van der Waals surface area (Å²) in [6.45, 7) is 8.01. The normalized spacial score (nSPS) is 18.7. The molecule has 2 aliphatic heterocycles. The van der Waals surface area contributed by atoms with Gasteiger partial charge in [0.2, 0.25) is 5.91 Å². The summed E-state index contributed by atoms with van der Waals surface area (Å²) in [4.78, 5) is 63.1. The highest BCUT2D eigenvalue weighted by Gasteiger charge is 2.54. The molecule has 1 aromatic heterocycles. The van der Waals surface area contributed by atoms with Gasteiger partial charge in [0.25, 0.3) is 11.8 Å². The van der Waals surface area contributed by atoms with Crippen molar-refractivity contribution >= 4 is 70.0 Å². The number of methoxy groups -OCH3 is 1. The van der Waals surface area contributed by atoms with Crippen molar-refractivity contribution < 1.29 is 33.5 Å². The molecule has 1 saturated heterocycles. The fourth-order valence-electron chi connectivity index (χ4n) is 3.93. The van der Waals surface area contributed by atoms with Gasteiger partial charge in [0.15, 0.2) is 10.8 Å². The number of nitrogens with one attached hydrogen (secondary N) is 2. The van der Waals surface area contributed by atoms with Gasteiger partial charge in [0, 0.05) is 31.7 Å². The van der Waals surface area contributed by atoms with E-state index in [9.17, 15) is 19.2 Å². The second kappa shape index (κ2) is 15.2. The van der Waals surface area contributed by atoms with Crippen molar-refractivity contribution in [1.82, 2.24) is 20.1 Å². The van der Waals surface area contributed by atoms with Gasteiger partial charge >= 0.3 is 5.97 Å². The van der Waals surface area contributed by atoms with E-state index in [1.807, 2.05) is 13.8 Å². The minimum absolute atomic E-state index is 0. The molecule has 2 N–H and O–H groups in total. The Labute approximate surface area is 241 Å². The summed E-state index contributed by atoms with van der Waals surface area (Å²) in [6.07, 6.45) is 0. The molecule has 1 fully saturated rings. The van der Waals surface area contributed by atoms with Crippen LogP contribution in [0.2, 0.25) is 0 Å². The molecule has 0 spiro atoms. The smallest absolute Gasteiger partial charge is 0.355 e. The number of halogens is 1. The molecular formula is C23H33ClN6O7S2. The van der Waals surface area contributed by atoms with Crippen LogP contribution < -0.4 is 10.6 Å². The van der Waals surface area contributed by atoms with Crippen LogP contribution in [0.3, 0.4) is 0 Å². The second-order valence-corrected chi connectivity index (χ2v) is 10.2. The van der Waals surface area contributed by atoms with Gasteiger partial charge in [-0.2, -0.15) is 0 Å². The molecule has 0 aliphatic carbocycles. The largest absolute Gasteiger partial charge is 0.460 e. The molecule has 2 aliphatic rings. The first-order valence-electron chi connectivity index (χ1n) is 12.0. The summed E-state index contributed by atoms with van der Waals surface area (Å²) in [7, 11) is 2.79. The SMILES string of the molecule is CCN(CC)CCOC(=O)C1=C(COC)CSC2C(NC(=O)C(=NOC)c3csc(NC(C)=O)n3)C(=O)N12.Cl. The zero-order chi connectivity index (χ0) is 27.8. The maximum absolute atomic E-state index is 13.2. The third-order valence-corrected chi connectivity index (χ3v) is 7.91. The van der Waals surface area contributed by atoms with Crippen LogP contribution >= 0.6 is 35.5 Å². The van der Waals surface area contributed by atoms with Gasteiger partial charge in [-0.15, -0.1) is 35.5 Å². The zero-order valence-electron chi connectivity index (χ0n) is 22.3. The number of anilines is 1. The number of carbonyl (C=O) groups excluding carboxylic acids is 4. The molecular weight excluding hydrogens is 572 g/mol. The molecule has 0 radical (unpaired) electrons. The van der Waals surface area contributed by atoms with Crippen molar-refractivity contribution in [2.75, 3.05) is 58.1 Å². The predicted octanol–water partition coefficient (Wildman–Crippen LogP) is 1.06. The molecule has 0 bridgehead atoms. The van der Waals surface area contributed by atoms with Crippen LogP contribution in [0.15, 0.2) is 21.8 Å². The number of oxime groups is 1. The Bertz CT molecular complexity index is 1120. The number of β-lactam (4-membered cyclic amide) rings is 1. The first kappa shape index (κ1) is 32.5. The summed E-state index contributed by atoms with van der Waals surface area (Å²) < 4.78 is 10.8. The van der Waals surface area contributed by atoms with Crippen LogP contribution in [0, 0.1) is 0 Å². The monoisotopic (exact) mass is 604 g/mol. The van der Waals surface area contributed by atoms with Crippen molar-refractivity contribution in [1.29, 1.82) is 0 Å². The Hall–Kier alpha value is -2.72. The molecule has 13 nitrogen and oxygen atoms in total. The Balaban J connectivity index is 0.00000533. The summed E-state index contributed by atoms with van der Waals surface area (Å²) in [6, 6.07) is -0.898. The quantitative estimate of drug-likeness (QED) is 0.145. The van der Waals surface area contributed by atoms with Gasteiger partial charge in [-0.25, -0.2) is 9.78 Å². The minimum Gasteiger partial charge on any atom is -0.460 e. The van der Waals surface area contributed by atoms with Gasteiger partial charge < -0.3 is 29.8 Å². The standard InChI is InChI=1S/C23H32N6O7S2.ClH/c1-6-28(7-2)8-9-36-22(33)18-14(10-34-4)11-37-21-17(20(32)29(18)21)26-19(31)16(27-35-5)15-12-38-23(25-15)24-13(3)30;/h12,17,21H,6-11H2,1-5H3,(H,26,31)(H,24,25,30);1H. The number of esters is 1. The number of hydrogen-bond acceptors (Lipinski definition) is 12. The van der Waals surface area contributed by atoms with E-state index >= 15 is 0 Å². The van der Waals surface area contributed by atoms with Crippen LogP contribution in [0.4, 0.5) is 5.13 Å². The summed E-state index contributed by atoms with van der Waals surface area (Å²) in [5.41, 5.74) is 0.835. The summed E-state index contributed by atoms with van der Waals surface area (Å²) >= 11 is 2.52. The van der Waals surface area contributed by atoms with E-state index in [1.54, 1.807) is 5.38 Å². The van der Waals surface area contributed by atoms with Crippen LogP contribution in [0.25, 0.3) is 0 Å². The van der Waals surface area contributed by atoms with Crippen LogP contribution in [0.5, 0.6) is 0 Å². The molecule has 16 heteroatoms. The molecule has 1 aromatic rings. The number of nitrogens with zero attached hydrogens (tertiary/aromatic N) is 4. The number of carbonyl (C=O) groups is 4. The second-order valence-electron chi connectivity index (χ2n) is 8.25. The lowest BCUT2D eigenvalue weighted by Crippen LogP contribution is -2.71. The van der Waals surface area contributed by atoms with E-state index in [0.29, 0.717) is 17.9 Å². The van der Waals surface area contributed by atoms with Gasteiger partial charge in [-0.3, -0.25) is 19.3 Å². The molecule has 3 amide bonds. The zero-order valence-corrected chi connectivity index (χ0v) is 24.8. The number of thioether (sulfide) groups is 1. The lowest BCUT2D eigenvalue weighted by Gasteiger charge is -2.49. The predicted molar refractivity (Wildman–Crippen MR) is 150 cm³/mol. The summed E-state index contributed by atoms with van der Waals surface area (Å²) in [5, 5.41) is 10.3. The van der Waals surface area contributed by atoms with Crippen molar-refractivity contribution in [3.05, 3.63) is 22.3 Å². The number of thiazole rings is 1. The Morgan fingerprint density at radius 1 is 1.26 bits per heavy atom. The molecule has 3 rings (SSSR count). The van der Waals surface area contributed by atoms with E-state index in [4.69, 9.17) is 14.3 Å². The third-order valence-electron chi connectivity index (χ3n) is 5.81. The van der Waals surface area contributed by atoms with E-state index < -0.39 is 29.2 Å². The molecule has 0 aromatic carbocycles. The van der Waals surface area contributed by atoms with Crippen molar-refractivity contribution in [2.45, 2.75) is 32.2 Å². The maximum Gasteiger partial charge on any atom is 0.355 e. The van der Waals surface area contributed by atoms with Crippen molar-refractivity contribution in [3.8, 4) is 0 Å². The van der Waals surface area contributed by atoms with Crippen LogP contribution in [-0.4, -0.2) is 108 Å². The van der Waals surface area contributed by atoms with Gasteiger partial charge in [0.05, 0.1) is 6.61 Å². The van der Waals surface area contributed by atoms with Crippen molar-refractivity contribution in [2.24, 2.45) is 5.16 Å². The van der Waals surface area contributed by atoms with Crippen LogP contribution in [-0.2, 0) is 33.5 Å². The Kier molecular flexibility index (Phi) is 12.6. The lowest BCUT2D eigenvalue weighted by atomic mass is 10.0. The first-order valence-corrected chi connectivity index (χ1v) is 13.9. The number of aromatic nitrogens is 1.